The van der Waals surface area contributed by atoms with Gasteiger partial charge in [-0.2, -0.15) is 0 Å². The molecule has 0 amide bonds. The third-order valence-corrected chi connectivity index (χ3v) is 3.75. The Morgan fingerprint density at radius 3 is 2.58 bits per heavy atom. The molecule has 0 unspecified atom stereocenters. The molecule has 0 atom stereocenters. The van der Waals surface area contributed by atoms with E-state index in [0.29, 0.717) is 11.1 Å². The summed E-state index contributed by atoms with van der Waals surface area (Å²) in [6, 6.07) is 12.2. The summed E-state index contributed by atoms with van der Waals surface area (Å²) in [6.07, 6.45) is 1.65. The van der Waals surface area contributed by atoms with E-state index in [2.05, 4.69) is 4.99 Å². The van der Waals surface area contributed by atoms with Gasteiger partial charge < -0.3 is 4.74 Å². The highest BCUT2D eigenvalue weighted by Crippen LogP contribution is 2.24. The number of nitro benzene ring substituents is 1. The monoisotopic (exact) mass is 322 g/mol. The average molecular weight is 322 g/mol. The van der Waals surface area contributed by atoms with E-state index in [9.17, 15) is 14.9 Å². The fourth-order valence-electron chi connectivity index (χ4n) is 2.37. The number of rotatable bonds is 3. The highest BCUT2D eigenvalue weighted by Gasteiger charge is 2.25. The molecule has 0 spiro atoms. The number of aryl methyl sites for hydroxylation is 2. The Labute approximate surface area is 138 Å². The fraction of sp³-hybridized carbons (Fsp3) is 0.111. The molecular formula is C18H14N2O4. The van der Waals surface area contributed by atoms with Crippen molar-refractivity contribution in [3.63, 3.8) is 0 Å². The summed E-state index contributed by atoms with van der Waals surface area (Å²) in [4.78, 5) is 26.8. The van der Waals surface area contributed by atoms with Crippen LogP contribution >= 0.6 is 0 Å². The molecule has 1 heterocycles. The molecule has 2 aromatic carbocycles. The number of esters is 1. The van der Waals surface area contributed by atoms with E-state index in [0.717, 1.165) is 11.1 Å². The lowest BCUT2D eigenvalue weighted by molar-refractivity contribution is -0.385. The first-order valence-electron chi connectivity index (χ1n) is 7.29. The number of ether oxygens (including phenoxy) is 1. The van der Waals surface area contributed by atoms with Gasteiger partial charge in [0.2, 0.25) is 5.90 Å². The highest BCUT2D eigenvalue weighted by atomic mass is 16.6. The summed E-state index contributed by atoms with van der Waals surface area (Å²) >= 11 is 0. The Hall–Kier alpha value is -3.28. The molecule has 0 saturated heterocycles. The van der Waals surface area contributed by atoms with Crippen LogP contribution in [0.15, 0.2) is 53.2 Å². The van der Waals surface area contributed by atoms with Crippen molar-refractivity contribution in [2.75, 3.05) is 0 Å². The van der Waals surface area contributed by atoms with E-state index in [-0.39, 0.29) is 17.3 Å². The van der Waals surface area contributed by atoms with E-state index in [1.165, 1.54) is 6.07 Å². The van der Waals surface area contributed by atoms with Gasteiger partial charge in [-0.05, 0) is 37.1 Å². The fourth-order valence-corrected chi connectivity index (χ4v) is 2.37. The summed E-state index contributed by atoms with van der Waals surface area (Å²) < 4.78 is 5.17. The number of cyclic esters (lactones) is 1. The molecule has 1 aliphatic rings. The van der Waals surface area contributed by atoms with Crippen LogP contribution < -0.4 is 0 Å². The maximum Gasteiger partial charge on any atom is 0.363 e. The second kappa shape index (κ2) is 6.08. The molecule has 2 aromatic rings. The smallest absolute Gasteiger partial charge is 0.363 e. The van der Waals surface area contributed by atoms with Crippen molar-refractivity contribution in [1.29, 1.82) is 0 Å². The van der Waals surface area contributed by atoms with E-state index in [1.54, 1.807) is 25.1 Å². The van der Waals surface area contributed by atoms with Gasteiger partial charge in [0.05, 0.1) is 4.92 Å². The molecule has 6 nitrogen and oxygen atoms in total. The predicted octanol–water partition coefficient (Wildman–Crippen LogP) is 3.56. The minimum absolute atomic E-state index is 0.0393. The van der Waals surface area contributed by atoms with Crippen LogP contribution in [0.25, 0.3) is 6.08 Å². The predicted molar refractivity (Wildman–Crippen MR) is 89.6 cm³/mol. The lowest BCUT2D eigenvalue weighted by Crippen LogP contribution is -2.06. The molecular weight excluding hydrogens is 308 g/mol. The molecule has 24 heavy (non-hydrogen) atoms. The van der Waals surface area contributed by atoms with Crippen LogP contribution in [0.2, 0.25) is 0 Å². The number of nitro groups is 1. The van der Waals surface area contributed by atoms with Crippen molar-refractivity contribution in [3.8, 4) is 0 Å². The van der Waals surface area contributed by atoms with Gasteiger partial charge in [-0.15, -0.1) is 0 Å². The van der Waals surface area contributed by atoms with Crippen molar-refractivity contribution in [2.24, 2.45) is 4.99 Å². The molecule has 0 saturated carbocycles. The quantitative estimate of drug-likeness (QED) is 0.374. The van der Waals surface area contributed by atoms with Crippen molar-refractivity contribution < 1.29 is 14.5 Å². The van der Waals surface area contributed by atoms with E-state index >= 15 is 0 Å². The second-order valence-corrected chi connectivity index (χ2v) is 5.45. The lowest BCUT2D eigenvalue weighted by atomic mass is 10.1. The molecule has 0 fully saturated rings. The molecule has 3 rings (SSSR count). The van der Waals surface area contributed by atoms with Crippen LogP contribution in [0.5, 0.6) is 0 Å². The molecule has 120 valence electrons. The summed E-state index contributed by atoms with van der Waals surface area (Å²) in [7, 11) is 0. The van der Waals surface area contributed by atoms with Gasteiger partial charge in [0.15, 0.2) is 5.70 Å². The van der Waals surface area contributed by atoms with Crippen LogP contribution in [0, 0.1) is 24.0 Å². The molecule has 0 aliphatic carbocycles. The van der Waals surface area contributed by atoms with E-state index < -0.39 is 10.9 Å². The van der Waals surface area contributed by atoms with Crippen LogP contribution in [-0.4, -0.2) is 16.8 Å². The van der Waals surface area contributed by atoms with Crippen molar-refractivity contribution in [2.45, 2.75) is 13.8 Å². The summed E-state index contributed by atoms with van der Waals surface area (Å²) in [6.45, 7) is 3.58. The number of carbonyl (C=O) groups is 1. The standard InChI is InChI=1S/C18H14N2O4/c1-11-5-3-4-6-13(11)9-15-18(21)24-17(19-15)14-8-7-12(2)16(10-14)20(22)23/h3-10H,1-2H3/b15-9+. The van der Waals surface area contributed by atoms with Gasteiger partial charge in [-0.25, -0.2) is 9.79 Å². The Morgan fingerprint density at radius 1 is 1.12 bits per heavy atom. The van der Waals surface area contributed by atoms with Gasteiger partial charge in [-0.1, -0.05) is 30.3 Å². The van der Waals surface area contributed by atoms with E-state index in [1.807, 2.05) is 31.2 Å². The lowest BCUT2D eigenvalue weighted by Gasteiger charge is -2.01. The zero-order valence-corrected chi connectivity index (χ0v) is 13.1. The molecule has 0 bridgehead atoms. The maximum atomic E-state index is 12.0. The van der Waals surface area contributed by atoms with Crippen LogP contribution in [0.1, 0.15) is 22.3 Å². The molecule has 0 aromatic heterocycles. The zero-order valence-electron chi connectivity index (χ0n) is 13.1. The Balaban J connectivity index is 2.00. The van der Waals surface area contributed by atoms with Crippen molar-refractivity contribution in [1.82, 2.24) is 0 Å². The minimum Gasteiger partial charge on any atom is -0.402 e. The van der Waals surface area contributed by atoms with Gasteiger partial charge in [0, 0.05) is 17.2 Å². The maximum absolute atomic E-state index is 12.0. The van der Waals surface area contributed by atoms with E-state index in [4.69, 9.17) is 4.74 Å². The summed E-state index contributed by atoms with van der Waals surface area (Å²) in [5, 5.41) is 11.0. The normalized spacial score (nSPS) is 15.3. The van der Waals surface area contributed by atoms with Crippen LogP contribution in [-0.2, 0) is 9.53 Å². The van der Waals surface area contributed by atoms with Gasteiger partial charge in [-0.3, -0.25) is 10.1 Å². The summed E-state index contributed by atoms with van der Waals surface area (Å²) in [5.74, 6) is -0.501. The first kappa shape index (κ1) is 15.6. The first-order chi connectivity index (χ1) is 11.5. The van der Waals surface area contributed by atoms with Gasteiger partial charge >= 0.3 is 5.97 Å². The van der Waals surface area contributed by atoms with Crippen molar-refractivity contribution >= 4 is 23.6 Å². The highest BCUT2D eigenvalue weighted by molar-refractivity contribution is 6.13. The van der Waals surface area contributed by atoms with Gasteiger partial charge in [0.25, 0.3) is 5.69 Å². The number of carbonyl (C=O) groups excluding carboxylic acids is 1. The number of nitrogens with zero attached hydrogens (tertiary/aromatic N) is 2. The second-order valence-electron chi connectivity index (χ2n) is 5.45. The Kier molecular flexibility index (Phi) is 3.95. The number of hydrogen-bond acceptors (Lipinski definition) is 5. The number of aliphatic imine (C=N–C) groups is 1. The van der Waals surface area contributed by atoms with Crippen LogP contribution in [0.4, 0.5) is 5.69 Å². The average Bonchev–Trinajstić information content (AvgIpc) is 2.91. The largest absolute Gasteiger partial charge is 0.402 e. The van der Waals surface area contributed by atoms with Crippen LogP contribution in [0.3, 0.4) is 0 Å². The zero-order chi connectivity index (χ0) is 17.3. The Morgan fingerprint density at radius 2 is 1.88 bits per heavy atom. The molecule has 1 aliphatic heterocycles. The molecule has 6 heteroatoms. The third-order valence-electron chi connectivity index (χ3n) is 3.75. The number of benzene rings is 2. The van der Waals surface area contributed by atoms with Crippen molar-refractivity contribution in [3.05, 3.63) is 80.5 Å². The van der Waals surface area contributed by atoms with Gasteiger partial charge in [0.1, 0.15) is 0 Å². The first-order valence-corrected chi connectivity index (χ1v) is 7.29. The number of hydrogen-bond donors (Lipinski definition) is 0. The third kappa shape index (κ3) is 2.94. The molecule has 0 radical (unpaired) electrons. The molecule has 0 N–H and O–H groups in total. The summed E-state index contributed by atoms with van der Waals surface area (Å²) in [5.41, 5.74) is 2.93. The Bertz CT molecular complexity index is 913. The SMILES string of the molecule is Cc1ccccc1/C=C1/N=C(c2ccc(C)c([N+](=O)[O-])c2)OC1=O. The topological polar surface area (TPSA) is 81.8 Å². The minimum atomic E-state index is -0.573.